The van der Waals surface area contributed by atoms with Crippen LogP contribution in [-0.2, 0) is 11.2 Å². The number of benzene rings is 1. The summed E-state index contributed by atoms with van der Waals surface area (Å²) in [6.07, 6.45) is 5.52. The molecule has 0 radical (unpaired) electrons. The summed E-state index contributed by atoms with van der Waals surface area (Å²) in [6, 6.07) is 8.04. The van der Waals surface area contributed by atoms with Crippen molar-refractivity contribution in [3.05, 3.63) is 29.8 Å². The van der Waals surface area contributed by atoms with Crippen LogP contribution < -0.4 is 15.4 Å². The van der Waals surface area contributed by atoms with E-state index in [0.717, 1.165) is 31.7 Å². The van der Waals surface area contributed by atoms with E-state index in [0.29, 0.717) is 12.5 Å². The summed E-state index contributed by atoms with van der Waals surface area (Å²) in [5.41, 5.74) is 1.05. The number of carbonyl (C=O) groups is 1. The summed E-state index contributed by atoms with van der Waals surface area (Å²) in [5, 5.41) is 6.61. The predicted octanol–water partition coefficient (Wildman–Crippen LogP) is 2.56. The molecule has 23 heavy (non-hydrogen) atoms. The lowest BCUT2D eigenvalue weighted by Crippen LogP contribution is -2.48. The monoisotopic (exact) mass is 338 g/mol. The van der Waals surface area contributed by atoms with E-state index in [2.05, 4.69) is 16.7 Å². The van der Waals surface area contributed by atoms with Crippen LogP contribution in [0.1, 0.15) is 31.2 Å². The van der Waals surface area contributed by atoms with Crippen molar-refractivity contribution in [2.24, 2.45) is 11.3 Å². The van der Waals surface area contributed by atoms with E-state index in [1.807, 2.05) is 18.2 Å². The number of rotatable bonds is 5. The van der Waals surface area contributed by atoms with E-state index in [9.17, 15) is 4.79 Å². The van der Waals surface area contributed by atoms with Gasteiger partial charge < -0.3 is 15.4 Å². The molecule has 2 fully saturated rings. The van der Waals surface area contributed by atoms with E-state index in [4.69, 9.17) is 4.74 Å². The maximum Gasteiger partial charge on any atom is 0.227 e. The summed E-state index contributed by atoms with van der Waals surface area (Å²) in [7, 11) is 1.68. The Morgan fingerprint density at radius 1 is 1.43 bits per heavy atom. The van der Waals surface area contributed by atoms with Gasteiger partial charge in [-0.1, -0.05) is 25.0 Å². The third-order valence-electron chi connectivity index (χ3n) is 5.32. The number of methoxy groups -OCH3 is 1. The molecule has 1 heterocycles. The Bertz CT molecular complexity index is 538. The Kier molecular flexibility index (Phi) is 6.31. The first-order chi connectivity index (χ1) is 10.7. The Morgan fingerprint density at radius 3 is 3.13 bits per heavy atom. The van der Waals surface area contributed by atoms with Gasteiger partial charge in [-0.05, 0) is 49.4 Å². The zero-order valence-electron chi connectivity index (χ0n) is 13.8. The normalized spacial score (nSPS) is 26.0. The number of nitrogens with one attached hydrogen (secondary N) is 2. The minimum atomic E-state index is -0.146. The van der Waals surface area contributed by atoms with Gasteiger partial charge in [0, 0.05) is 13.1 Å². The van der Waals surface area contributed by atoms with E-state index >= 15 is 0 Å². The molecular formula is C18H27ClN2O2. The highest BCUT2D eigenvalue weighted by molar-refractivity contribution is 5.85. The lowest BCUT2D eigenvalue weighted by Gasteiger charge is -2.37. The Labute approximate surface area is 144 Å². The highest BCUT2D eigenvalue weighted by Gasteiger charge is 2.49. The van der Waals surface area contributed by atoms with Crippen LogP contribution in [0.15, 0.2) is 24.3 Å². The largest absolute Gasteiger partial charge is 0.497 e. The van der Waals surface area contributed by atoms with Crippen molar-refractivity contribution in [2.75, 3.05) is 26.7 Å². The van der Waals surface area contributed by atoms with Gasteiger partial charge in [0.05, 0.1) is 12.5 Å². The fraction of sp³-hybridized carbons (Fsp3) is 0.611. The van der Waals surface area contributed by atoms with Crippen molar-refractivity contribution >= 4 is 18.3 Å². The number of fused-ring (bicyclic) bond motifs is 1. The first kappa shape index (κ1) is 18.1. The molecule has 1 amide bonds. The number of hydrogen-bond donors (Lipinski definition) is 2. The molecule has 1 saturated carbocycles. The van der Waals surface area contributed by atoms with Gasteiger partial charge in [0.1, 0.15) is 5.75 Å². The zero-order valence-corrected chi connectivity index (χ0v) is 14.6. The van der Waals surface area contributed by atoms with Crippen LogP contribution in [0, 0.1) is 11.3 Å². The maximum absolute atomic E-state index is 12.7. The van der Waals surface area contributed by atoms with Crippen molar-refractivity contribution in [1.82, 2.24) is 10.6 Å². The SMILES string of the molecule is COc1cccc(CCNC(=O)[C@@]23CCCC[C@H]2CNC3)c1.Cl. The van der Waals surface area contributed by atoms with Gasteiger partial charge in [-0.3, -0.25) is 4.79 Å². The molecule has 2 atom stereocenters. The average molecular weight is 339 g/mol. The quantitative estimate of drug-likeness (QED) is 0.867. The molecule has 128 valence electrons. The molecule has 2 N–H and O–H groups in total. The molecule has 4 nitrogen and oxygen atoms in total. The Hall–Kier alpha value is -1.26. The van der Waals surface area contributed by atoms with Gasteiger partial charge in [-0.2, -0.15) is 0 Å². The van der Waals surface area contributed by atoms with Crippen molar-refractivity contribution in [1.29, 1.82) is 0 Å². The fourth-order valence-electron chi connectivity index (χ4n) is 4.01. The van der Waals surface area contributed by atoms with Crippen LogP contribution in [0.4, 0.5) is 0 Å². The van der Waals surface area contributed by atoms with Crippen LogP contribution in [0.25, 0.3) is 0 Å². The van der Waals surface area contributed by atoms with Crippen molar-refractivity contribution in [3.8, 4) is 5.75 Å². The third kappa shape index (κ3) is 3.81. The molecule has 3 rings (SSSR count). The number of hydrogen-bond acceptors (Lipinski definition) is 3. The van der Waals surface area contributed by atoms with Gasteiger partial charge >= 0.3 is 0 Å². The lowest BCUT2D eigenvalue weighted by atomic mass is 9.67. The first-order valence-electron chi connectivity index (χ1n) is 8.36. The Morgan fingerprint density at radius 2 is 2.30 bits per heavy atom. The van der Waals surface area contributed by atoms with E-state index < -0.39 is 0 Å². The van der Waals surface area contributed by atoms with Crippen molar-refractivity contribution in [2.45, 2.75) is 32.1 Å². The minimum absolute atomic E-state index is 0. The molecule has 0 unspecified atom stereocenters. The second kappa shape index (κ2) is 8.02. The molecule has 1 aliphatic heterocycles. The topological polar surface area (TPSA) is 50.4 Å². The van der Waals surface area contributed by atoms with Gasteiger partial charge in [-0.15, -0.1) is 12.4 Å². The molecule has 1 aliphatic carbocycles. The molecule has 0 bridgehead atoms. The number of ether oxygens (including phenoxy) is 1. The molecule has 1 aromatic rings. The summed E-state index contributed by atoms with van der Waals surface area (Å²) in [5.74, 6) is 1.65. The summed E-state index contributed by atoms with van der Waals surface area (Å²) < 4.78 is 5.24. The molecule has 1 saturated heterocycles. The van der Waals surface area contributed by atoms with Crippen molar-refractivity contribution < 1.29 is 9.53 Å². The lowest BCUT2D eigenvalue weighted by molar-refractivity contribution is -0.133. The number of amides is 1. The van der Waals surface area contributed by atoms with E-state index in [-0.39, 0.29) is 23.7 Å². The van der Waals surface area contributed by atoms with E-state index in [1.54, 1.807) is 7.11 Å². The summed E-state index contributed by atoms with van der Waals surface area (Å²) in [4.78, 5) is 12.7. The minimum Gasteiger partial charge on any atom is -0.497 e. The highest BCUT2D eigenvalue weighted by Crippen LogP contribution is 2.43. The second-order valence-electron chi connectivity index (χ2n) is 6.59. The van der Waals surface area contributed by atoms with Gasteiger partial charge in [0.25, 0.3) is 0 Å². The molecule has 1 aromatic carbocycles. The Balaban J connectivity index is 0.00000192. The van der Waals surface area contributed by atoms with E-state index in [1.165, 1.54) is 24.8 Å². The number of carbonyl (C=O) groups excluding carboxylic acids is 1. The van der Waals surface area contributed by atoms with Gasteiger partial charge in [0.15, 0.2) is 0 Å². The van der Waals surface area contributed by atoms with Crippen LogP contribution in [0.2, 0.25) is 0 Å². The van der Waals surface area contributed by atoms with Crippen LogP contribution in [-0.4, -0.2) is 32.7 Å². The van der Waals surface area contributed by atoms with Crippen molar-refractivity contribution in [3.63, 3.8) is 0 Å². The average Bonchev–Trinajstić information content (AvgIpc) is 3.00. The fourth-order valence-corrected chi connectivity index (χ4v) is 4.01. The third-order valence-corrected chi connectivity index (χ3v) is 5.32. The van der Waals surface area contributed by atoms with Gasteiger partial charge in [-0.25, -0.2) is 0 Å². The molecule has 5 heteroatoms. The van der Waals surface area contributed by atoms with Crippen LogP contribution in [0.3, 0.4) is 0 Å². The first-order valence-corrected chi connectivity index (χ1v) is 8.36. The zero-order chi connectivity index (χ0) is 15.4. The standard InChI is InChI=1S/C18H26N2O2.ClH/c1-22-16-7-4-5-14(11-16)8-10-20-17(21)18-9-3-2-6-15(18)12-19-13-18;/h4-5,7,11,15,19H,2-3,6,8-10,12-13H2,1H3,(H,20,21);1H/t15-,18+;/m0./s1. The smallest absolute Gasteiger partial charge is 0.227 e. The predicted molar refractivity (Wildman–Crippen MR) is 94.2 cm³/mol. The van der Waals surface area contributed by atoms with Crippen LogP contribution >= 0.6 is 12.4 Å². The summed E-state index contributed by atoms with van der Waals surface area (Å²) >= 11 is 0. The molecule has 2 aliphatic rings. The molecular weight excluding hydrogens is 312 g/mol. The van der Waals surface area contributed by atoms with Gasteiger partial charge in [0.2, 0.25) is 5.91 Å². The molecule has 0 spiro atoms. The number of halogens is 1. The molecule has 0 aromatic heterocycles. The second-order valence-corrected chi connectivity index (χ2v) is 6.59. The maximum atomic E-state index is 12.7. The summed E-state index contributed by atoms with van der Waals surface area (Å²) in [6.45, 7) is 2.55. The highest BCUT2D eigenvalue weighted by atomic mass is 35.5. The van der Waals surface area contributed by atoms with Crippen LogP contribution in [0.5, 0.6) is 5.75 Å².